The third kappa shape index (κ3) is 3.10. The lowest BCUT2D eigenvalue weighted by Gasteiger charge is -2.21. The van der Waals surface area contributed by atoms with Gasteiger partial charge in [-0.3, -0.25) is 0 Å². The molecule has 1 aromatic carbocycles. The molecule has 0 bridgehead atoms. The second-order valence-corrected chi connectivity index (χ2v) is 5.68. The second kappa shape index (κ2) is 6.23. The van der Waals surface area contributed by atoms with Crippen molar-refractivity contribution in [2.75, 3.05) is 12.4 Å². The number of nitrogens with zero attached hydrogens (tertiary/aromatic N) is 4. The molecule has 1 fully saturated rings. The van der Waals surface area contributed by atoms with Gasteiger partial charge < -0.3 is 9.84 Å². The van der Waals surface area contributed by atoms with Crippen molar-refractivity contribution in [1.29, 1.82) is 0 Å². The molecule has 7 heteroatoms. The lowest BCUT2D eigenvalue weighted by molar-refractivity contribution is 0.0315. The molecule has 0 radical (unpaired) electrons. The largest absolute Gasteiger partial charge is 0.508 e. The first-order valence-electron chi connectivity index (χ1n) is 6.65. The van der Waals surface area contributed by atoms with E-state index in [9.17, 15) is 5.11 Å². The summed E-state index contributed by atoms with van der Waals surface area (Å²) < 4.78 is 7.38. The summed E-state index contributed by atoms with van der Waals surface area (Å²) in [6.07, 6.45) is 3.78. The number of aromatic hydroxyl groups is 1. The highest BCUT2D eigenvalue weighted by molar-refractivity contribution is 7.99. The summed E-state index contributed by atoms with van der Waals surface area (Å²) in [6.45, 7) is 0.855. The molecule has 0 aliphatic carbocycles. The number of rotatable bonds is 4. The number of benzene rings is 1. The van der Waals surface area contributed by atoms with E-state index in [1.54, 1.807) is 40.7 Å². The van der Waals surface area contributed by atoms with Crippen molar-refractivity contribution in [2.45, 2.75) is 30.5 Å². The highest BCUT2D eigenvalue weighted by Gasteiger charge is 2.16. The van der Waals surface area contributed by atoms with Crippen molar-refractivity contribution in [3.8, 4) is 11.4 Å². The normalized spacial score (nSPS) is 19.1. The van der Waals surface area contributed by atoms with Crippen molar-refractivity contribution in [3.63, 3.8) is 0 Å². The van der Waals surface area contributed by atoms with Crippen LogP contribution in [-0.2, 0) is 4.74 Å². The molecule has 1 N–H and O–H groups in total. The molecule has 20 heavy (non-hydrogen) atoms. The minimum atomic E-state index is 0.228. The molecule has 1 saturated heterocycles. The molecule has 1 unspecified atom stereocenters. The topological polar surface area (TPSA) is 73.1 Å². The predicted molar refractivity (Wildman–Crippen MR) is 75.1 cm³/mol. The molecule has 2 aromatic rings. The van der Waals surface area contributed by atoms with E-state index in [1.807, 2.05) is 0 Å². The zero-order valence-electron chi connectivity index (χ0n) is 11.0. The molecule has 0 amide bonds. The van der Waals surface area contributed by atoms with Crippen molar-refractivity contribution in [1.82, 2.24) is 20.2 Å². The van der Waals surface area contributed by atoms with Gasteiger partial charge in [-0.25, -0.2) is 0 Å². The summed E-state index contributed by atoms with van der Waals surface area (Å²) in [5.74, 6) is 1.09. The number of aromatic nitrogens is 4. The monoisotopic (exact) mass is 292 g/mol. The Morgan fingerprint density at radius 1 is 1.30 bits per heavy atom. The fraction of sp³-hybridized carbons (Fsp3) is 0.462. The summed E-state index contributed by atoms with van der Waals surface area (Å²) in [5, 5.41) is 21.8. The van der Waals surface area contributed by atoms with Crippen LogP contribution in [-0.4, -0.2) is 43.8 Å². The molecule has 0 spiro atoms. The minimum absolute atomic E-state index is 0.228. The van der Waals surface area contributed by atoms with Gasteiger partial charge >= 0.3 is 0 Å². The Kier molecular flexibility index (Phi) is 4.17. The van der Waals surface area contributed by atoms with Crippen LogP contribution in [0, 0.1) is 0 Å². The van der Waals surface area contributed by atoms with E-state index in [2.05, 4.69) is 15.5 Å². The van der Waals surface area contributed by atoms with Crippen molar-refractivity contribution < 1.29 is 9.84 Å². The van der Waals surface area contributed by atoms with Gasteiger partial charge in [-0.2, -0.15) is 4.68 Å². The molecule has 1 aliphatic rings. The maximum atomic E-state index is 9.31. The van der Waals surface area contributed by atoms with Crippen LogP contribution in [0.25, 0.3) is 5.69 Å². The second-order valence-electron chi connectivity index (χ2n) is 4.69. The summed E-state index contributed by atoms with van der Waals surface area (Å²) in [6, 6.07) is 6.81. The number of phenolic OH excluding ortho intramolecular Hbond substituents is 1. The molecule has 2 heterocycles. The Morgan fingerprint density at radius 3 is 2.90 bits per heavy atom. The van der Waals surface area contributed by atoms with Gasteiger partial charge in [0.15, 0.2) is 0 Å². The SMILES string of the molecule is Oc1ccc(-n2nnnc2SCC2CCCCO2)cc1. The smallest absolute Gasteiger partial charge is 0.214 e. The molecule has 6 nitrogen and oxygen atoms in total. The Hall–Kier alpha value is -1.60. The summed E-state index contributed by atoms with van der Waals surface area (Å²) >= 11 is 1.60. The fourth-order valence-corrected chi connectivity index (χ4v) is 3.09. The quantitative estimate of drug-likeness (QED) is 0.869. The highest BCUT2D eigenvalue weighted by Crippen LogP contribution is 2.23. The molecular weight excluding hydrogens is 276 g/mol. The number of phenols is 1. The predicted octanol–water partition coefficient (Wildman–Crippen LogP) is 2.03. The maximum absolute atomic E-state index is 9.31. The van der Waals surface area contributed by atoms with Crippen LogP contribution in [0.2, 0.25) is 0 Å². The molecule has 0 saturated carbocycles. The van der Waals surface area contributed by atoms with Gasteiger partial charge in [-0.15, -0.1) is 5.10 Å². The number of ether oxygens (including phenoxy) is 1. The van der Waals surface area contributed by atoms with E-state index < -0.39 is 0 Å². The molecule has 1 aliphatic heterocycles. The summed E-state index contributed by atoms with van der Waals surface area (Å²) in [5.41, 5.74) is 0.833. The average Bonchev–Trinajstić information content (AvgIpc) is 2.95. The zero-order valence-corrected chi connectivity index (χ0v) is 11.8. The highest BCUT2D eigenvalue weighted by atomic mass is 32.2. The third-order valence-corrected chi connectivity index (χ3v) is 4.26. The standard InChI is InChI=1S/C13H16N4O2S/c18-11-6-4-10(5-7-11)17-13(14-15-16-17)20-9-12-3-1-2-8-19-12/h4-7,12,18H,1-3,8-9H2. The van der Waals surface area contributed by atoms with Gasteiger partial charge in [-0.1, -0.05) is 11.8 Å². The van der Waals surface area contributed by atoms with E-state index in [-0.39, 0.29) is 5.75 Å². The first kappa shape index (κ1) is 13.4. The van der Waals surface area contributed by atoms with Gasteiger partial charge in [-0.05, 0) is 54.0 Å². The average molecular weight is 292 g/mol. The van der Waals surface area contributed by atoms with Crippen LogP contribution in [0.15, 0.2) is 29.4 Å². The molecule has 1 aromatic heterocycles. The van der Waals surface area contributed by atoms with Gasteiger partial charge in [0, 0.05) is 12.4 Å². The lowest BCUT2D eigenvalue weighted by Crippen LogP contribution is -2.21. The Bertz CT molecular complexity index is 552. The minimum Gasteiger partial charge on any atom is -0.508 e. The van der Waals surface area contributed by atoms with Crippen LogP contribution in [0.1, 0.15) is 19.3 Å². The first-order chi connectivity index (χ1) is 9.83. The van der Waals surface area contributed by atoms with Gasteiger partial charge in [0.25, 0.3) is 0 Å². The third-order valence-electron chi connectivity index (χ3n) is 3.21. The van der Waals surface area contributed by atoms with Crippen molar-refractivity contribution >= 4 is 11.8 Å². The van der Waals surface area contributed by atoms with Crippen LogP contribution in [0.3, 0.4) is 0 Å². The molecule has 3 rings (SSSR count). The first-order valence-corrected chi connectivity index (χ1v) is 7.64. The van der Waals surface area contributed by atoms with Crippen LogP contribution in [0.5, 0.6) is 5.75 Å². The number of tetrazole rings is 1. The maximum Gasteiger partial charge on any atom is 0.214 e. The van der Waals surface area contributed by atoms with Crippen molar-refractivity contribution in [2.24, 2.45) is 0 Å². The summed E-state index contributed by atoms with van der Waals surface area (Å²) in [4.78, 5) is 0. The molecule has 106 valence electrons. The van der Waals surface area contributed by atoms with Gasteiger partial charge in [0.2, 0.25) is 5.16 Å². The number of thioether (sulfide) groups is 1. The van der Waals surface area contributed by atoms with Crippen LogP contribution in [0.4, 0.5) is 0 Å². The zero-order chi connectivity index (χ0) is 13.8. The molecular formula is C13H16N4O2S. The number of hydrogen-bond acceptors (Lipinski definition) is 6. The van der Waals surface area contributed by atoms with E-state index in [4.69, 9.17) is 4.74 Å². The van der Waals surface area contributed by atoms with Gasteiger partial charge in [0.1, 0.15) is 5.75 Å². The van der Waals surface area contributed by atoms with Crippen LogP contribution < -0.4 is 0 Å². The lowest BCUT2D eigenvalue weighted by atomic mass is 10.1. The Labute approximate surface area is 121 Å². The van der Waals surface area contributed by atoms with Crippen LogP contribution >= 0.6 is 11.8 Å². The van der Waals surface area contributed by atoms with E-state index in [0.29, 0.717) is 6.10 Å². The Balaban J connectivity index is 1.68. The van der Waals surface area contributed by atoms with Crippen molar-refractivity contribution in [3.05, 3.63) is 24.3 Å². The number of hydrogen-bond donors (Lipinski definition) is 1. The fourth-order valence-electron chi connectivity index (χ4n) is 2.13. The Morgan fingerprint density at radius 2 is 2.15 bits per heavy atom. The van der Waals surface area contributed by atoms with E-state index in [1.165, 1.54) is 6.42 Å². The summed E-state index contributed by atoms with van der Waals surface area (Å²) in [7, 11) is 0. The molecule has 1 atom stereocenters. The van der Waals surface area contributed by atoms with E-state index in [0.717, 1.165) is 36.0 Å². The van der Waals surface area contributed by atoms with Gasteiger partial charge in [0.05, 0.1) is 11.8 Å². The van der Waals surface area contributed by atoms with E-state index >= 15 is 0 Å².